The van der Waals surface area contributed by atoms with E-state index < -0.39 is 0 Å². The predicted octanol–water partition coefficient (Wildman–Crippen LogP) is 11.3. The Labute approximate surface area is 262 Å². The molecule has 4 heteroatoms. The molecule has 6 aromatic carbocycles. The smallest absolute Gasteiger partial charge is 0.0635 e. The summed E-state index contributed by atoms with van der Waals surface area (Å²) >= 11 is 1.88. The Kier molecular flexibility index (Phi) is 5.16. The number of nitrogens with zero attached hydrogens (tertiary/aromatic N) is 3. The summed E-state index contributed by atoms with van der Waals surface area (Å²) in [5.74, 6) is 0. The molecule has 10 rings (SSSR count). The molecule has 0 N–H and O–H groups in total. The average Bonchev–Trinajstić information content (AvgIpc) is 3.76. The lowest BCUT2D eigenvalue weighted by atomic mass is 10.0. The molecule has 0 aliphatic heterocycles. The zero-order valence-electron chi connectivity index (χ0n) is 24.2. The highest BCUT2D eigenvalue weighted by Crippen LogP contribution is 2.47. The maximum absolute atomic E-state index is 4.40. The van der Waals surface area contributed by atoms with E-state index >= 15 is 0 Å². The molecular weight excluding hydrogens is 567 g/mol. The fourth-order valence-electron chi connectivity index (χ4n) is 7.30. The molecule has 0 atom stereocenters. The second-order valence-electron chi connectivity index (χ2n) is 11.6. The van der Waals surface area contributed by atoms with Crippen LogP contribution in [0.25, 0.3) is 86.3 Å². The molecule has 0 saturated heterocycles. The summed E-state index contributed by atoms with van der Waals surface area (Å²) in [6, 6.07) is 50.7. The van der Waals surface area contributed by atoms with Crippen molar-refractivity contribution in [2.45, 2.75) is 0 Å². The van der Waals surface area contributed by atoms with Crippen LogP contribution in [0.1, 0.15) is 0 Å². The van der Waals surface area contributed by atoms with Gasteiger partial charge in [-0.25, -0.2) is 0 Å². The second kappa shape index (κ2) is 9.39. The lowest BCUT2D eigenvalue weighted by Gasteiger charge is -2.11. The van der Waals surface area contributed by atoms with Crippen LogP contribution in [0, 0.1) is 0 Å². The van der Waals surface area contributed by atoms with Gasteiger partial charge >= 0.3 is 0 Å². The minimum Gasteiger partial charge on any atom is -0.309 e. The number of benzene rings is 6. The van der Waals surface area contributed by atoms with Gasteiger partial charge in [-0.05, 0) is 66.2 Å². The third-order valence-corrected chi connectivity index (χ3v) is 10.3. The van der Waals surface area contributed by atoms with E-state index in [0.717, 1.165) is 11.3 Å². The molecule has 0 aliphatic rings. The molecular formula is C41H25N3S. The molecule has 0 aliphatic carbocycles. The molecule has 0 spiro atoms. The summed E-state index contributed by atoms with van der Waals surface area (Å²) in [5, 5.41) is 7.67. The van der Waals surface area contributed by atoms with Gasteiger partial charge in [-0.3, -0.25) is 4.98 Å². The molecule has 10 aromatic rings. The Morgan fingerprint density at radius 2 is 1.04 bits per heavy atom. The van der Waals surface area contributed by atoms with E-state index in [9.17, 15) is 0 Å². The summed E-state index contributed by atoms with van der Waals surface area (Å²) in [4.78, 5) is 4.40. The molecule has 45 heavy (non-hydrogen) atoms. The van der Waals surface area contributed by atoms with Crippen LogP contribution in [0.2, 0.25) is 0 Å². The Morgan fingerprint density at radius 1 is 0.444 bits per heavy atom. The molecule has 0 unspecified atom stereocenters. The van der Waals surface area contributed by atoms with Crippen molar-refractivity contribution < 1.29 is 0 Å². The van der Waals surface area contributed by atoms with Crippen LogP contribution in [0.4, 0.5) is 0 Å². The SMILES string of the molecule is c1ccc(-n2c3ccccc3c3ccc4sc5ccc6c7cc(-c8cccnc8)ccc7n(-c7ccccc7)c6c5c4c32)cc1. The normalized spacial score (nSPS) is 12.0. The predicted molar refractivity (Wildman–Crippen MR) is 191 cm³/mol. The van der Waals surface area contributed by atoms with Crippen molar-refractivity contribution in [2.75, 3.05) is 0 Å². The van der Waals surface area contributed by atoms with E-state index in [0.29, 0.717) is 0 Å². The molecule has 0 bridgehead atoms. The minimum atomic E-state index is 1.12. The first kappa shape index (κ1) is 24.7. The number of fused-ring (bicyclic) bond motifs is 11. The molecule has 0 radical (unpaired) electrons. The van der Waals surface area contributed by atoms with Crippen LogP contribution in [0.15, 0.2) is 152 Å². The van der Waals surface area contributed by atoms with E-state index in [1.165, 1.54) is 75.0 Å². The van der Waals surface area contributed by atoms with Crippen LogP contribution in [-0.4, -0.2) is 14.1 Å². The zero-order chi connectivity index (χ0) is 29.5. The van der Waals surface area contributed by atoms with Crippen molar-refractivity contribution in [2.24, 2.45) is 0 Å². The second-order valence-corrected chi connectivity index (χ2v) is 12.7. The van der Waals surface area contributed by atoms with Crippen molar-refractivity contribution >= 4 is 75.1 Å². The summed E-state index contributed by atoms with van der Waals surface area (Å²) in [6.07, 6.45) is 3.78. The maximum Gasteiger partial charge on any atom is 0.0635 e. The Bertz CT molecular complexity index is 2730. The fourth-order valence-corrected chi connectivity index (χ4v) is 8.41. The highest BCUT2D eigenvalue weighted by Gasteiger charge is 2.22. The Morgan fingerprint density at radius 3 is 1.69 bits per heavy atom. The van der Waals surface area contributed by atoms with Gasteiger partial charge in [0.05, 0.1) is 22.1 Å². The average molecular weight is 592 g/mol. The first-order chi connectivity index (χ1) is 22.3. The highest BCUT2D eigenvalue weighted by molar-refractivity contribution is 7.26. The highest BCUT2D eigenvalue weighted by atomic mass is 32.1. The van der Waals surface area contributed by atoms with Gasteiger partial charge in [0.1, 0.15) is 0 Å². The van der Waals surface area contributed by atoms with Crippen LogP contribution < -0.4 is 0 Å². The number of para-hydroxylation sites is 3. The Balaban J connectivity index is 1.44. The zero-order valence-corrected chi connectivity index (χ0v) is 25.0. The monoisotopic (exact) mass is 591 g/mol. The van der Waals surface area contributed by atoms with Crippen molar-refractivity contribution in [1.82, 2.24) is 14.1 Å². The molecule has 4 aromatic heterocycles. The van der Waals surface area contributed by atoms with Crippen molar-refractivity contribution in [1.29, 1.82) is 0 Å². The largest absolute Gasteiger partial charge is 0.309 e. The van der Waals surface area contributed by atoms with Gasteiger partial charge in [0, 0.05) is 71.0 Å². The lowest BCUT2D eigenvalue weighted by molar-refractivity contribution is 1.18. The first-order valence-corrected chi connectivity index (χ1v) is 16.0. The topological polar surface area (TPSA) is 22.8 Å². The lowest BCUT2D eigenvalue weighted by Crippen LogP contribution is -1.95. The summed E-state index contributed by atoms with van der Waals surface area (Å²) < 4.78 is 7.53. The third kappa shape index (κ3) is 3.48. The standard InChI is InChI=1S/C41H25N3S/c1-3-11-28(12-4-1)43-34-16-8-7-15-30(34)31-18-21-36-38(40(31)43)39-37(45-36)22-19-32-33-24-26(27-10-9-23-42-25-27)17-20-35(33)44(41(32)39)29-13-5-2-6-14-29/h1-25H. The van der Waals surface area contributed by atoms with Gasteiger partial charge in [0.25, 0.3) is 0 Å². The van der Waals surface area contributed by atoms with Gasteiger partial charge in [-0.1, -0.05) is 78.9 Å². The molecule has 3 nitrogen and oxygen atoms in total. The summed E-state index contributed by atoms with van der Waals surface area (Å²) in [6.45, 7) is 0. The van der Waals surface area contributed by atoms with Crippen LogP contribution in [0.3, 0.4) is 0 Å². The number of rotatable bonds is 3. The van der Waals surface area contributed by atoms with E-state index in [1.54, 1.807) is 0 Å². The van der Waals surface area contributed by atoms with Crippen LogP contribution in [-0.2, 0) is 0 Å². The summed E-state index contributed by atoms with van der Waals surface area (Å²) in [5.41, 5.74) is 9.57. The van der Waals surface area contributed by atoms with Crippen molar-refractivity contribution in [3.8, 4) is 22.5 Å². The van der Waals surface area contributed by atoms with E-state index in [-0.39, 0.29) is 0 Å². The van der Waals surface area contributed by atoms with E-state index in [4.69, 9.17) is 0 Å². The summed E-state index contributed by atoms with van der Waals surface area (Å²) in [7, 11) is 0. The van der Waals surface area contributed by atoms with Crippen molar-refractivity contribution in [3.05, 3.63) is 152 Å². The van der Waals surface area contributed by atoms with Gasteiger partial charge in [-0.2, -0.15) is 0 Å². The first-order valence-electron chi connectivity index (χ1n) is 15.2. The number of hydrogen-bond acceptors (Lipinski definition) is 2. The van der Waals surface area contributed by atoms with Crippen LogP contribution in [0.5, 0.6) is 0 Å². The van der Waals surface area contributed by atoms with Gasteiger partial charge in [-0.15, -0.1) is 11.3 Å². The minimum absolute atomic E-state index is 1.12. The molecule has 0 fully saturated rings. The molecule has 4 heterocycles. The Hall–Kier alpha value is -5.71. The number of aromatic nitrogens is 3. The van der Waals surface area contributed by atoms with E-state index in [2.05, 4.69) is 148 Å². The maximum atomic E-state index is 4.40. The quantitative estimate of drug-likeness (QED) is 0.200. The number of pyridine rings is 1. The van der Waals surface area contributed by atoms with Gasteiger partial charge in [0.2, 0.25) is 0 Å². The van der Waals surface area contributed by atoms with Crippen molar-refractivity contribution in [3.63, 3.8) is 0 Å². The molecule has 0 amide bonds. The fraction of sp³-hybridized carbons (Fsp3) is 0. The van der Waals surface area contributed by atoms with E-state index in [1.807, 2.05) is 29.8 Å². The van der Waals surface area contributed by atoms with Gasteiger partial charge < -0.3 is 9.13 Å². The third-order valence-electron chi connectivity index (χ3n) is 9.18. The molecule has 210 valence electrons. The van der Waals surface area contributed by atoms with Crippen LogP contribution >= 0.6 is 11.3 Å². The van der Waals surface area contributed by atoms with Gasteiger partial charge in [0.15, 0.2) is 0 Å². The number of thiophene rings is 1. The number of hydrogen-bond donors (Lipinski definition) is 0. The molecule has 0 saturated carbocycles.